The van der Waals surface area contributed by atoms with Crippen LogP contribution in [0.5, 0.6) is 0 Å². The van der Waals surface area contributed by atoms with Gasteiger partial charge in [-0.2, -0.15) is 0 Å². The number of nitrogens with one attached hydrogen (secondary N) is 1. The van der Waals surface area contributed by atoms with Gasteiger partial charge >= 0.3 is 0 Å². The lowest BCUT2D eigenvalue weighted by Gasteiger charge is -2.25. The van der Waals surface area contributed by atoms with E-state index in [1.165, 1.54) is 0 Å². The Morgan fingerprint density at radius 3 is 2.53 bits per heavy atom. The Bertz CT molecular complexity index is 478. The number of nitro groups is 1. The second kappa shape index (κ2) is 6.16. The molecule has 7 heteroatoms. The first-order valence-electron chi connectivity index (χ1n) is 5.92. The van der Waals surface area contributed by atoms with Crippen molar-refractivity contribution in [3.63, 3.8) is 0 Å². The van der Waals surface area contributed by atoms with Crippen molar-refractivity contribution in [2.24, 2.45) is 0 Å². The summed E-state index contributed by atoms with van der Waals surface area (Å²) in [6, 6.07) is 1.92. The van der Waals surface area contributed by atoms with Crippen LogP contribution in [-0.2, 0) is 0 Å². The Morgan fingerprint density at radius 1 is 1.47 bits per heavy atom. The van der Waals surface area contributed by atoms with Crippen LogP contribution in [0.25, 0.3) is 0 Å². The molecule has 0 aliphatic heterocycles. The fraction of sp³-hybridized carbons (Fsp3) is 0.500. The van der Waals surface area contributed by atoms with Crippen LogP contribution in [0.4, 0.5) is 15.8 Å². The fourth-order valence-electron chi connectivity index (χ4n) is 1.59. The van der Waals surface area contributed by atoms with Gasteiger partial charge < -0.3 is 10.4 Å². The first-order chi connectivity index (χ1) is 8.83. The summed E-state index contributed by atoms with van der Waals surface area (Å²) in [6.45, 7) is 3.71. The van der Waals surface area contributed by atoms with Crippen LogP contribution in [0.3, 0.4) is 0 Å². The molecule has 0 amide bonds. The molecular weight excluding hydrogens is 275 g/mol. The van der Waals surface area contributed by atoms with E-state index in [1.54, 1.807) is 0 Å². The zero-order valence-electron chi connectivity index (χ0n) is 10.7. The van der Waals surface area contributed by atoms with Crippen LogP contribution in [0.15, 0.2) is 12.1 Å². The highest BCUT2D eigenvalue weighted by Crippen LogP contribution is 2.31. The van der Waals surface area contributed by atoms with Gasteiger partial charge in [0.2, 0.25) is 0 Å². The molecule has 0 fully saturated rings. The molecule has 0 atom stereocenters. The highest BCUT2D eigenvalue weighted by Gasteiger charge is 2.24. The maximum absolute atomic E-state index is 13.3. The Labute approximate surface area is 115 Å². The summed E-state index contributed by atoms with van der Waals surface area (Å²) in [5.41, 5.74) is -1.29. The highest BCUT2D eigenvalue weighted by molar-refractivity contribution is 6.31. The molecule has 0 saturated carbocycles. The van der Waals surface area contributed by atoms with Gasteiger partial charge in [0.05, 0.1) is 15.5 Å². The third-order valence-corrected chi connectivity index (χ3v) is 3.45. The third-order valence-electron chi connectivity index (χ3n) is 3.16. The van der Waals surface area contributed by atoms with Gasteiger partial charge in [0.1, 0.15) is 11.5 Å². The highest BCUT2D eigenvalue weighted by atomic mass is 35.5. The molecule has 2 N–H and O–H groups in total. The van der Waals surface area contributed by atoms with Crippen LogP contribution in [0.1, 0.15) is 26.7 Å². The smallest absolute Gasteiger partial charge is 0.294 e. The second-order valence-corrected chi connectivity index (χ2v) is 4.73. The van der Waals surface area contributed by atoms with E-state index < -0.39 is 16.3 Å². The second-order valence-electron chi connectivity index (χ2n) is 4.33. The van der Waals surface area contributed by atoms with Crippen molar-refractivity contribution in [2.75, 3.05) is 11.9 Å². The average Bonchev–Trinajstić information content (AvgIpc) is 2.39. The van der Waals surface area contributed by atoms with E-state index in [1.807, 2.05) is 13.8 Å². The first kappa shape index (κ1) is 15.7. The summed E-state index contributed by atoms with van der Waals surface area (Å²) in [5, 5.41) is 23.4. The standard InChI is InChI=1S/C12H16ClFN2O3/c1-3-12(17,4-2)7-15-10-6-9(14)8(13)5-11(10)16(18)19/h5-6,15,17H,3-4,7H2,1-2H3. The third kappa shape index (κ3) is 3.78. The van der Waals surface area contributed by atoms with Crippen LogP contribution < -0.4 is 5.32 Å². The van der Waals surface area contributed by atoms with Crippen molar-refractivity contribution < 1.29 is 14.4 Å². The van der Waals surface area contributed by atoms with Gasteiger partial charge in [-0.15, -0.1) is 0 Å². The number of aliphatic hydroxyl groups is 1. The number of hydrogen-bond donors (Lipinski definition) is 2. The first-order valence-corrected chi connectivity index (χ1v) is 6.30. The molecule has 0 spiro atoms. The summed E-state index contributed by atoms with van der Waals surface area (Å²) in [7, 11) is 0. The van der Waals surface area contributed by atoms with Crippen molar-refractivity contribution >= 4 is 23.0 Å². The zero-order chi connectivity index (χ0) is 14.6. The van der Waals surface area contributed by atoms with Gasteiger partial charge in [0.25, 0.3) is 5.69 Å². The van der Waals surface area contributed by atoms with Crippen LogP contribution >= 0.6 is 11.6 Å². The summed E-state index contributed by atoms with van der Waals surface area (Å²) in [6.07, 6.45) is 0.973. The lowest BCUT2D eigenvalue weighted by atomic mass is 9.97. The van der Waals surface area contributed by atoms with Crippen molar-refractivity contribution in [3.8, 4) is 0 Å². The quantitative estimate of drug-likeness (QED) is 0.622. The van der Waals surface area contributed by atoms with E-state index >= 15 is 0 Å². The van der Waals surface area contributed by atoms with Gasteiger partial charge in [-0.25, -0.2) is 4.39 Å². The molecule has 0 aromatic heterocycles. The molecule has 1 aromatic rings. The van der Waals surface area contributed by atoms with E-state index in [0.29, 0.717) is 12.8 Å². The maximum atomic E-state index is 13.3. The Hall–Kier alpha value is -1.40. The number of anilines is 1. The van der Waals surface area contributed by atoms with E-state index in [2.05, 4.69) is 5.32 Å². The SMILES string of the molecule is CCC(O)(CC)CNc1cc(F)c(Cl)cc1[N+](=O)[O-]. The summed E-state index contributed by atoms with van der Waals surface area (Å²) >= 11 is 5.52. The fourth-order valence-corrected chi connectivity index (χ4v) is 1.75. The van der Waals surface area contributed by atoms with Gasteiger partial charge in [0, 0.05) is 18.7 Å². The monoisotopic (exact) mass is 290 g/mol. The minimum absolute atomic E-state index is 0.00669. The van der Waals surface area contributed by atoms with Crippen LogP contribution in [0.2, 0.25) is 5.02 Å². The van der Waals surface area contributed by atoms with E-state index in [4.69, 9.17) is 11.6 Å². The van der Waals surface area contributed by atoms with Gasteiger partial charge in [0.15, 0.2) is 0 Å². The Morgan fingerprint density at radius 2 is 2.05 bits per heavy atom. The number of hydrogen-bond acceptors (Lipinski definition) is 4. The molecule has 0 saturated heterocycles. The molecular formula is C12H16ClFN2O3. The van der Waals surface area contributed by atoms with Gasteiger partial charge in [-0.3, -0.25) is 10.1 Å². The van der Waals surface area contributed by atoms with Crippen LogP contribution in [-0.4, -0.2) is 22.2 Å². The molecule has 0 unspecified atom stereocenters. The average molecular weight is 291 g/mol. The maximum Gasteiger partial charge on any atom is 0.294 e. The summed E-state index contributed by atoms with van der Waals surface area (Å²) in [5.74, 6) is -0.744. The topological polar surface area (TPSA) is 75.4 Å². The molecule has 0 aliphatic carbocycles. The number of rotatable bonds is 6. The predicted octanol–water partition coefficient (Wildman–Crippen LogP) is 3.35. The Balaban J connectivity index is 3.00. The molecule has 106 valence electrons. The molecule has 0 radical (unpaired) electrons. The zero-order valence-corrected chi connectivity index (χ0v) is 11.5. The normalized spacial score (nSPS) is 11.4. The van der Waals surface area contributed by atoms with Crippen molar-refractivity contribution in [2.45, 2.75) is 32.3 Å². The lowest BCUT2D eigenvalue weighted by Crippen LogP contribution is -2.35. The minimum Gasteiger partial charge on any atom is -0.388 e. The number of nitrogens with zero attached hydrogens (tertiary/aromatic N) is 1. The largest absolute Gasteiger partial charge is 0.388 e. The molecule has 1 aromatic carbocycles. The molecule has 19 heavy (non-hydrogen) atoms. The Kier molecular flexibility index (Phi) is 5.08. The predicted molar refractivity (Wildman–Crippen MR) is 72.1 cm³/mol. The van der Waals surface area contributed by atoms with E-state index in [9.17, 15) is 19.6 Å². The molecule has 0 bridgehead atoms. The molecule has 5 nitrogen and oxygen atoms in total. The van der Waals surface area contributed by atoms with Gasteiger partial charge in [-0.05, 0) is 12.8 Å². The number of halogens is 2. The van der Waals surface area contributed by atoms with Gasteiger partial charge in [-0.1, -0.05) is 25.4 Å². The molecule has 0 aliphatic rings. The van der Waals surface area contributed by atoms with E-state index in [0.717, 1.165) is 12.1 Å². The van der Waals surface area contributed by atoms with Crippen molar-refractivity contribution in [1.29, 1.82) is 0 Å². The molecule has 1 rings (SSSR count). The summed E-state index contributed by atoms with van der Waals surface area (Å²) in [4.78, 5) is 10.2. The molecule has 0 heterocycles. The lowest BCUT2D eigenvalue weighted by molar-refractivity contribution is -0.384. The number of nitro benzene ring substituents is 1. The van der Waals surface area contributed by atoms with Crippen molar-refractivity contribution in [3.05, 3.63) is 33.1 Å². The van der Waals surface area contributed by atoms with E-state index in [-0.39, 0.29) is 22.9 Å². The minimum atomic E-state index is -0.982. The van der Waals surface area contributed by atoms with Crippen molar-refractivity contribution in [1.82, 2.24) is 0 Å². The number of benzene rings is 1. The van der Waals surface area contributed by atoms with Crippen LogP contribution in [0, 0.1) is 15.9 Å². The summed E-state index contributed by atoms with van der Waals surface area (Å²) < 4.78 is 13.3.